The molecule has 0 aliphatic carbocycles. The number of methoxy groups -OCH3 is 2. The molecule has 142 valence electrons. The van der Waals surface area contributed by atoms with Crippen molar-refractivity contribution in [3.63, 3.8) is 0 Å². The van der Waals surface area contributed by atoms with Gasteiger partial charge in [-0.15, -0.1) is 23.7 Å². The van der Waals surface area contributed by atoms with E-state index in [9.17, 15) is 4.79 Å². The molecule has 2 aromatic rings. The normalized spacial score (nSPS) is 19.3. The Morgan fingerprint density at radius 3 is 2.77 bits per heavy atom. The van der Waals surface area contributed by atoms with Crippen LogP contribution in [-0.2, 0) is 4.79 Å². The molecular weight excluding hydrogens is 374 g/mol. The number of thiazole rings is 1. The summed E-state index contributed by atoms with van der Waals surface area (Å²) >= 11 is 1.43. The SMILES string of the molecule is COc1ccc(-c2csc(NC(=O)[C@H]3CCN[C@@H](C)C3)n2)cc1OC.Cl. The van der Waals surface area contributed by atoms with Gasteiger partial charge in [-0.05, 0) is 44.5 Å². The maximum absolute atomic E-state index is 12.4. The van der Waals surface area contributed by atoms with E-state index in [1.807, 2.05) is 23.6 Å². The van der Waals surface area contributed by atoms with E-state index in [1.54, 1.807) is 14.2 Å². The first-order chi connectivity index (χ1) is 12.1. The topological polar surface area (TPSA) is 72.5 Å². The third kappa shape index (κ3) is 4.66. The predicted molar refractivity (Wildman–Crippen MR) is 107 cm³/mol. The van der Waals surface area contributed by atoms with E-state index in [1.165, 1.54) is 11.3 Å². The third-order valence-corrected chi connectivity index (χ3v) is 5.17. The molecule has 0 unspecified atom stereocenters. The molecule has 1 aliphatic heterocycles. The standard InChI is InChI=1S/C18H23N3O3S.ClH/c1-11-8-13(6-7-19-11)17(22)21-18-20-14(10-25-18)12-4-5-15(23-2)16(9-12)24-3;/h4-5,9-11,13,19H,6-8H2,1-3H3,(H,20,21,22);1H/t11-,13-;/m0./s1. The van der Waals surface area contributed by atoms with Gasteiger partial charge >= 0.3 is 0 Å². The highest BCUT2D eigenvalue weighted by atomic mass is 35.5. The summed E-state index contributed by atoms with van der Waals surface area (Å²) < 4.78 is 10.6. The fourth-order valence-corrected chi connectivity index (χ4v) is 3.76. The van der Waals surface area contributed by atoms with Gasteiger partial charge in [0.2, 0.25) is 5.91 Å². The van der Waals surface area contributed by atoms with Gasteiger partial charge in [-0.3, -0.25) is 4.79 Å². The maximum atomic E-state index is 12.4. The molecule has 3 rings (SSSR count). The molecule has 1 aliphatic rings. The van der Waals surface area contributed by atoms with Crippen LogP contribution in [0, 0.1) is 5.92 Å². The van der Waals surface area contributed by atoms with Gasteiger partial charge in [0.05, 0.1) is 19.9 Å². The molecule has 6 nitrogen and oxygen atoms in total. The number of hydrogen-bond donors (Lipinski definition) is 2. The highest BCUT2D eigenvalue weighted by Gasteiger charge is 2.25. The average molecular weight is 398 g/mol. The van der Waals surface area contributed by atoms with Crippen molar-refractivity contribution in [1.82, 2.24) is 10.3 Å². The molecular formula is C18H24ClN3O3S. The van der Waals surface area contributed by atoms with Crippen LogP contribution in [0.25, 0.3) is 11.3 Å². The van der Waals surface area contributed by atoms with E-state index in [4.69, 9.17) is 9.47 Å². The number of piperidine rings is 1. The number of carbonyl (C=O) groups excluding carboxylic acids is 1. The second kappa shape index (κ2) is 9.21. The number of carbonyl (C=O) groups is 1. The van der Waals surface area contributed by atoms with E-state index < -0.39 is 0 Å². The van der Waals surface area contributed by atoms with Crippen molar-refractivity contribution in [2.45, 2.75) is 25.8 Å². The van der Waals surface area contributed by atoms with Crippen molar-refractivity contribution >= 4 is 34.8 Å². The number of rotatable bonds is 5. The van der Waals surface area contributed by atoms with Gasteiger partial charge < -0.3 is 20.1 Å². The van der Waals surface area contributed by atoms with Crippen LogP contribution in [0.1, 0.15) is 19.8 Å². The van der Waals surface area contributed by atoms with Gasteiger partial charge in [0.15, 0.2) is 16.6 Å². The summed E-state index contributed by atoms with van der Waals surface area (Å²) in [7, 11) is 3.21. The minimum atomic E-state index is 0. The number of nitrogens with one attached hydrogen (secondary N) is 2. The molecule has 1 saturated heterocycles. The molecule has 1 amide bonds. The summed E-state index contributed by atoms with van der Waals surface area (Å²) in [5, 5.41) is 8.88. The van der Waals surface area contributed by atoms with Crippen LogP contribution < -0.4 is 20.1 Å². The molecule has 0 bridgehead atoms. The highest BCUT2D eigenvalue weighted by molar-refractivity contribution is 7.14. The summed E-state index contributed by atoms with van der Waals surface area (Å²) in [6.45, 7) is 2.99. The van der Waals surface area contributed by atoms with Crippen molar-refractivity contribution in [3.05, 3.63) is 23.6 Å². The van der Waals surface area contributed by atoms with E-state index in [0.717, 1.165) is 30.6 Å². The second-order valence-electron chi connectivity index (χ2n) is 6.17. The Morgan fingerprint density at radius 1 is 1.31 bits per heavy atom. The molecule has 26 heavy (non-hydrogen) atoms. The lowest BCUT2D eigenvalue weighted by molar-refractivity contribution is -0.120. The van der Waals surface area contributed by atoms with Gasteiger partial charge in [-0.25, -0.2) is 4.98 Å². The Labute approximate surface area is 163 Å². The van der Waals surface area contributed by atoms with Crippen molar-refractivity contribution in [1.29, 1.82) is 0 Å². The summed E-state index contributed by atoms with van der Waals surface area (Å²) in [6.07, 6.45) is 1.73. The first-order valence-corrected chi connectivity index (χ1v) is 9.21. The first-order valence-electron chi connectivity index (χ1n) is 8.33. The zero-order valence-corrected chi connectivity index (χ0v) is 16.7. The lowest BCUT2D eigenvalue weighted by atomic mass is 9.92. The first kappa shape index (κ1) is 20.5. The lowest BCUT2D eigenvalue weighted by Gasteiger charge is -2.26. The van der Waals surface area contributed by atoms with Crippen LogP contribution in [0.15, 0.2) is 23.6 Å². The van der Waals surface area contributed by atoms with E-state index in [-0.39, 0.29) is 24.2 Å². The Kier molecular flexibility index (Phi) is 7.25. The number of halogens is 1. The second-order valence-corrected chi connectivity index (χ2v) is 7.03. The Balaban J connectivity index is 0.00000243. The molecule has 1 aromatic carbocycles. The number of amides is 1. The zero-order valence-electron chi connectivity index (χ0n) is 15.1. The zero-order chi connectivity index (χ0) is 17.8. The molecule has 1 aromatic heterocycles. The van der Waals surface area contributed by atoms with Crippen molar-refractivity contribution in [2.24, 2.45) is 5.92 Å². The van der Waals surface area contributed by atoms with Crippen LogP contribution in [0.4, 0.5) is 5.13 Å². The Morgan fingerprint density at radius 2 is 2.08 bits per heavy atom. The molecule has 2 atom stereocenters. The van der Waals surface area contributed by atoms with Gasteiger partial charge in [0, 0.05) is 22.9 Å². The summed E-state index contributed by atoms with van der Waals surface area (Å²) in [4.78, 5) is 17.0. The largest absolute Gasteiger partial charge is 0.493 e. The monoisotopic (exact) mass is 397 g/mol. The lowest BCUT2D eigenvalue weighted by Crippen LogP contribution is -2.40. The number of hydrogen-bond acceptors (Lipinski definition) is 6. The fraction of sp³-hybridized carbons (Fsp3) is 0.444. The minimum Gasteiger partial charge on any atom is -0.493 e. The van der Waals surface area contributed by atoms with Crippen LogP contribution in [0.2, 0.25) is 0 Å². The highest BCUT2D eigenvalue weighted by Crippen LogP contribution is 2.33. The molecule has 0 saturated carbocycles. The Hall–Kier alpha value is -1.83. The van der Waals surface area contributed by atoms with Crippen molar-refractivity contribution < 1.29 is 14.3 Å². The quantitative estimate of drug-likeness (QED) is 0.806. The number of ether oxygens (including phenoxy) is 2. The van der Waals surface area contributed by atoms with Gasteiger partial charge in [-0.2, -0.15) is 0 Å². The molecule has 1 fully saturated rings. The van der Waals surface area contributed by atoms with Gasteiger partial charge in [0.1, 0.15) is 0 Å². The van der Waals surface area contributed by atoms with Crippen molar-refractivity contribution in [3.8, 4) is 22.8 Å². The number of aromatic nitrogens is 1. The molecule has 8 heteroatoms. The third-order valence-electron chi connectivity index (χ3n) is 4.41. The van der Waals surface area contributed by atoms with Crippen LogP contribution >= 0.6 is 23.7 Å². The van der Waals surface area contributed by atoms with Crippen molar-refractivity contribution in [2.75, 3.05) is 26.1 Å². The molecule has 2 heterocycles. The smallest absolute Gasteiger partial charge is 0.229 e. The summed E-state index contributed by atoms with van der Waals surface area (Å²) in [5.41, 5.74) is 1.73. The van der Waals surface area contributed by atoms with Crippen LogP contribution in [0.5, 0.6) is 11.5 Å². The van der Waals surface area contributed by atoms with Crippen LogP contribution in [-0.4, -0.2) is 37.7 Å². The van der Waals surface area contributed by atoms with Crippen LogP contribution in [0.3, 0.4) is 0 Å². The summed E-state index contributed by atoms with van der Waals surface area (Å²) in [5.74, 6) is 1.43. The van der Waals surface area contributed by atoms with E-state index >= 15 is 0 Å². The van der Waals surface area contributed by atoms with Gasteiger partial charge in [0.25, 0.3) is 0 Å². The molecule has 0 radical (unpaired) electrons. The number of nitrogens with zero attached hydrogens (tertiary/aromatic N) is 1. The van der Waals surface area contributed by atoms with Gasteiger partial charge in [-0.1, -0.05) is 0 Å². The predicted octanol–water partition coefficient (Wildman–Crippen LogP) is 3.58. The average Bonchev–Trinajstić information content (AvgIpc) is 3.09. The molecule has 0 spiro atoms. The Bertz CT molecular complexity index is 753. The van der Waals surface area contributed by atoms with E-state index in [2.05, 4.69) is 22.5 Å². The number of anilines is 1. The fourth-order valence-electron chi connectivity index (χ4n) is 3.04. The number of benzene rings is 1. The minimum absolute atomic E-state index is 0. The van der Waals surface area contributed by atoms with E-state index in [0.29, 0.717) is 22.7 Å². The molecule has 2 N–H and O–H groups in total. The summed E-state index contributed by atoms with van der Waals surface area (Å²) in [6, 6.07) is 6.04. The maximum Gasteiger partial charge on any atom is 0.229 e.